The number of anilines is 1. The molecule has 2 rings (SSSR count). The fourth-order valence-electron chi connectivity index (χ4n) is 2.82. The highest BCUT2D eigenvalue weighted by Crippen LogP contribution is 2.13. The van der Waals surface area contributed by atoms with Gasteiger partial charge in [-0.1, -0.05) is 12.1 Å². The molecule has 1 aliphatic heterocycles. The first-order valence-corrected chi connectivity index (χ1v) is 9.69. The molecule has 154 valence electrons. The standard InChI is InChI=1S/C20H29N3O5/c1-2-28-20(26)18(5-3-4-6-19(24)25)22-21-17-9-7-16(8-10-17)15-23-11-13-27-14-12-23/h7-10,21H,2-6,11-15H2,1H3,(H,24,25)/b22-18+. The summed E-state index contributed by atoms with van der Waals surface area (Å²) in [5.41, 5.74) is 5.15. The van der Waals surface area contributed by atoms with Gasteiger partial charge in [-0.3, -0.25) is 15.1 Å². The van der Waals surface area contributed by atoms with Crippen LogP contribution in [0.1, 0.15) is 38.2 Å². The number of carboxylic acids is 1. The minimum atomic E-state index is -0.843. The van der Waals surface area contributed by atoms with Crippen LogP contribution in [-0.2, 0) is 25.6 Å². The maximum Gasteiger partial charge on any atom is 0.354 e. The van der Waals surface area contributed by atoms with Gasteiger partial charge >= 0.3 is 11.9 Å². The van der Waals surface area contributed by atoms with E-state index in [1.165, 1.54) is 5.56 Å². The summed E-state index contributed by atoms with van der Waals surface area (Å²) in [6.45, 7) is 6.31. The minimum Gasteiger partial charge on any atom is -0.481 e. The molecule has 0 radical (unpaired) electrons. The molecule has 1 aliphatic rings. The van der Waals surface area contributed by atoms with Crippen molar-refractivity contribution >= 4 is 23.3 Å². The molecule has 1 heterocycles. The molecule has 0 bridgehead atoms. The molecule has 1 aromatic rings. The van der Waals surface area contributed by atoms with Crippen LogP contribution in [0.5, 0.6) is 0 Å². The number of carbonyl (C=O) groups is 2. The van der Waals surface area contributed by atoms with E-state index in [0.717, 1.165) is 38.5 Å². The number of ether oxygens (including phenoxy) is 2. The molecule has 1 saturated heterocycles. The first-order valence-electron chi connectivity index (χ1n) is 9.69. The summed E-state index contributed by atoms with van der Waals surface area (Å²) in [4.78, 5) is 25.0. The number of nitrogens with zero attached hydrogens (tertiary/aromatic N) is 2. The zero-order chi connectivity index (χ0) is 20.2. The largest absolute Gasteiger partial charge is 0.481 e. The fourth-order valence-corrected chi connectivity index (χ4v) is 2.82. The molecule has 0 amide bonds. The van der Waals surface area contributed by atoms with Crippen LogP contribution < -0.4 is 5.43 Å². The lowest BCUT2D eigenvalue weighted by Gasteiger charge is -2.26. The average Bonchev–Trinajstić information content (AvgIpc) is 2.69. The highest BCUT2D eigenvalue weighted by Gasteiger charge is 2.13. The molecule has 0 saturated carbocycles. The summed E-state index contributed by atoms with van der Waals surface area (Å²) in [6.07, 6.45) is 1.50. The van der Waals surface area contributed by atoms with E-state index in [9.17, 15) is 9.59 Å². The Morgan fingerprint density at radius 3 is 2.50 bits per heavy atom. The molecule has 0 spiro atoms. The molecule has 0 aromatic heterocycles. The first-order chi connectivity index (χ1) is 13.6. The Bertz CT molecular complexity index is 654. The number of aliphatic carboxylic acids is 1. The third kappa shape index (κ3) is 8.06. The Balaban J connectivity index is 1.89. The van der Waals surface area contributed by atoms with Crippen molar-refractivity contribution in [1.82, 2.24) is 4.90 Å². The lowest BCUT2D eigenvalue weighted by Crippen LogP contribution is -2.35. The van der Waals surface area contributed by atoms with Gasteiger partial charge in [0.25, 0.3) is 0 Å². The van der Waals surface area contributed by atoms with E-state index < -0.39 is 11.9 Å². The molecule has 1 aromatic carbocycles. The summed E-state index contributed by atoms with van der Waals surface area (Å²) in [7, 11) is 0. The molecule has 28 heavy (non-hydrogen) atoms. The van der Waals surface area contributed by atoms with Gasteiger partial charge in [-0.15, -0.1) is 0 Å². The van der Waals surface area contributed by atoms with Crippen molar-refractivity contribution in [2.75, 3.05) is 38.3 Å². The Kier molecular flexibility index (Phi) is 9.44. The van der Waals surface area contributed by atoms with Gasteiger partial charge in [0.2, 0.25) is 0 Å². The van der Waals surface area contributed by atoms with Gasteiger partial charge in [0.15, 0.2) is 0 Å². The fraction of sp³-hybridized carbons (Fsp3) is 0.550. The summed E-state index contributed by atoms with van der Waals surface area (Å²) in [5, 5.41) is 12.9. The van der Waals surface area contributed by atoms with E-state index >= 15 is 0 Å². The number of morpholine rings is 1. The van der Waals surface area contributed by atoms with E-state index in [0.29, 0.717) is 19.3 Å². The monoisotopic (exact) mass is 391 g/mol. The highest BCUT2D eigenvalue weighted by molar-refractivity contribution is 6.36. The molecule has 0 atom stereocenters. The zero-order valence-electron chi connectivity index (χ0n) is 16.4. The van der Waals surface area contributed by atoms with Crippen molar-refractivity contribution < 1.29 is 24.2 Å². The topological polar surface area (TPSA) is 100 Å². The maximum atomic E-state index is 12.0. The SMILES string of the molecule is CCOC(=O)/C(CCCCC(=O)O)=N/Nc1ccc(CN2CCOCC2)cc1. The summed E-state index contributed by atoms with van der Waals surface area (Å²) in [5.74, 6) is -1.32. The molecule has 0 unspecified atom stereocenters. The van der Waals surface area contributed by atoms with Crippen molar-refractivity contribution in [2.24, 2.45) is 5.10 Å². The lowest BCUT2D eigenvalue weighted by atomic mass is 10.1. The third-order valence-electron chi connectivity index (χ3n) is 4.35. The number of benzene rings is 1. The van der Waals surface area contributed by atoms with E-state index in [2.05, 4.69) is 15.4 Å². The first kappa shape index (κ1) is 21.8. The van der Waals surface area contributed by atoms with Crippen molar-refractivity contribution in [2.45, 2.75) is 39.2 Å². The molecule has 8 heteroatoms. The summed E-state index contributed by atoms with van der Waals surface area (Å²) in [6, 6.07) is 7.91. The van der Waals surface area contributed by atoms with Crippen molar-refractivity contribution in [1.29, 1.82) is 0 Å². The van der Waals surface area contributed by atoms with Gasteiger partial charge in [0.05, 0.1) is 25.5 Å². The van der Waals surface area contributed by atoms with Crippen LogP contribution in [0.3, 0.4) is 0 Å². The van der Waals surface area contributed by atoms with Gasteiger partial charge in [-0.2, -0.15) is 5.10 Å². The molecule has 0 aliphatic carbocycles. The van der Waals surface area contributed by atoms with E-state index in [4.69, 9.17) is 14.6 Å². The van der Waals surface area contributed by atoms with Crippen LogP contribution in [-0.4, -0.2) is 60.6 Å². The van der Waals surface area contributed by atoms with Crippen molar-refractivity contribution in [3.8, 4) is 0 Å². The Morgan fingerprint density at radius 2 is 1.86 bits per heavy atom. The number of nitrogens with one attached hydrogen (secondary N) is 1. The maximum absolute atomic E-state index is 12.0. The van der Waals surface area contributed by atoms with Crippen LogP contribution in [0.2, 0.25) is 0 Å². The lowest BCUT2D eigenvalue weighted by molar-refractivity contribution is -0.137. The zero-order valence-corrected chi connectivity index (χ0v) is 16.4. The second-order valence-corrected chi connectivity index (χ2v) is 6.58. The van der Waals surface area contributed by atoms with Gasteiger partial charge in [0.1, 0.15) is 5.71 Å². The predicted octanol–water partition coefficient (Wildman–Crippen LogP) is 2.49. The van der Waals surface area contributed by atoms with E-state index in [-0.39, 0.29) is 18.7 Å². The van der Waals surface area contributed by atoms with Crippen molar-refractivity contribution in [3.05, 3.63) is 29.8 Å². The molecule has 8 nitrogen and oxygen atoms in total. The number of esters is 1. The van der Waals surface area contributed by atoms with Gasteiger partial charge < -0.3 is 14.6 Å². The number of carbonyl (C=O) groups excluding carboxylic acids is 1. The number of unbranched alkanes of at least 4 members (excludes halogenated alkanes) is 1. The number of carboxylic acid groups (broad SMARTS) is 1. The van der Waals surface area contributed by atoms with Crippen LogP contribution >= 0.6 is 0 Å². The van der Waals surface area contributed by atoms with E-state index in [1.807, 2.05) is 24.3 Å². The molecular weight excluding hydrogens is 362 g/mol. The van der Waals surface area contributed by atoms with Crippen LogP contribution in [0, 0.1) is 0 Å². The van der Waals surface area contributed by atoms with Crippen molar-refractivity contribution in [3.63, 3.8) is 0 Å². The van der Waals surface area contributed by atoms with Gasteiger partial charge in [-0.05, 0) is 43.9 Å². The smallest absolute Gasteiger partial charge is 0.354 e. The minimum absolute atomic E-state index is 0.0775. The van der Waals surface area contributed by atoms with Gasteiger partial charge in [-0.25, -0.2) is 4.79 Å². The van der Waals surface area contributed by atoms with Crippen LogP contribution in [0.25, 0.3) is 0 Å². The number of hydrazone groups is 1. The Morgan fingerprint density at radius 1 is 1.18 bits per heavy atom. The van der Waals surface area contributed by atoms with Gasteiger partial charge in [0, 0.05) is 26.1 Å². The molecule has 1 fully saturated rings. The second kappa shape index (κ2) is 12.1. The molecule has 2 N–H and O–H groups in total. The number of hydrogen-bond donors (Lipinski definition) is 2. The summed E-state index contributed by atoms with van der Waals surface area (Å²) < 4.78 is 10.4. The second-order valence-electron chi connectivity index (χ2n) is 6.58. The van der Waals surface area contributed by atoms with E-state index in [1.54, 1.807) is 6.92 Å². The summed E-state index contributed by atoms with van der Waals surface area (Å²) >= 11 is 0. The average molecular weight is 391 g/mol. The molecular formula is C20H29N3O5. The third-order valence-corrected chi connectivity index (χ3v) is 4.35. The van der Waals surface area contributed by atoms with Crippen LogP contribution in [0.4, 0.5) is 5.69 Å². The Labute approximate surface area is 165 Å². The normalized spacial score (nSPS) is 15.2. The number of hydrogen-bond acceptors (Lipinski definition) is 7. The van der Waals surface area contributed by atoms with Crippen LogP contribution in [0.15, 0.2) is 29.4 Å². The Hall–Kier alpha value is -2.45. The highest BCUT2D eigenvalue weighted by atomic mass is 16.5. The quantitative estimate of drug-likeness (QED) is 0.259. The number of rotatable bonds is 11. The predicted molar refractivity (Wildman–Crippen MR) is 106 cm³/mol.